The van der Waals surface area contributed by atoms with Crippen molar-refractivity contribution in [2.24, 2.45) is 5.92 Å². The predicted molar refractivity (Wildman–Crippen MR) is 109 cm³/mol. The lowest BCUT2D eigenvalue weighted by Gasteiger charge is -2.21. The lowest BCUT2D eigenvalue weighted by atomic mass is 10.0. The van der Waals surface area contributed by atoms with Crippen LogP contribution in [-0.2, 0) is 22.6 Å². The zero-order valence-electron chi connectivity index (χ0n) is 14.9. The van der Waals surface area contributed by atoms with Gasteiger partial charge in [-0.2, -0.15) is 5.10 Å². The number of hydrogen-bond donors (Lipinski definition) is 0. The number of hydrogen-bond acceptors (Lipinski definition) is 4. The average Bonchev–Trinajstić information content (AvgIpc) is 3.25. The maximum absolute atomic E-state index is 5.43. The fourth-order valence-electron chi connectivity index (χ4n) is 3.48. The number of benzene rings is 1. The number of halogens is 1. The Bertz CT molecular complexity index is 883. The highest BCUT2D eigenvalue weighted by Gasteiger charge is 2.16. The molecule has 3 aromatic rings. The molecule has 1 aliphatic rings. The van der Waals surface area contributed by atoms with Crippen LogP contribution in [0.2, 0.25) is 0 Å². The highest BCUT2D eigenvalue weighted by Crippen LogP contribution is 2.27. The van der Waals surface area contributed by atoms with E-state index in [1.165, 1.54) is 14.5 Å². The normalized spacial score (nSPS) is 15.8. The third kappa shape index (κ3) is 3.79. The van der Waals surface area contributed by atoms with Crippen molar-refractivity contribution in [3.8, 4) is 11.4 Å². The molecule has 1 saturated heterocycles. The minimum Gasteiger partial charge on any atom is -0.383 e. The third-order valence-corrected chi connectivity index (χ3v) is 5.81. The van der Waals surface area contributed by atoms with Crippen molar-refractivity contribution in [2.45, 2.75) is 25.9 Å². The number of fused-ring (bicyclic) bond motifs is 1. The van der Waals surface area contributed by atoms with E-state index >= 15 is 0 Å². The Morgan fingerprint density at radius 1 is 1.31 bits per heavy atom. The molecule has 0 radical (unpaired) electrons. The van der Waals surface area contributed by atoms with Gasteiger partial charge in [-0.15, -0.1) is 0 Å². The maximum Gasteiger partial charge on any atom is 0.181 e. The van der Waals surface area contributed by atoms with Gasteiger partial charge in [-0.3, -0.25) is 4.68 Å². The summed E-state index contributed by atoms with van der Waals surface area (Å²) in [5.74, 6) is 1.43. The van der Waals surface area contributed by atoms with Gasteiger partial charge >= 0.3 is 0 Å². The van der Waals surface area contributed by atoms with Gasteiger partial charge in [-0.1, -0.05) is 0 Å². The van der Waals surface area contributed by atoms with Gasteiger partial charge in [0.2, 0.25) is 0 Å². The number of methoxy groups -OCH3 is 1. The lowest BCUT2D eigenvalue weighted by molar-refractivity contribution is 0.0601. The fourth-order valence-corrected chi connectivity index (χ4v) is 4.24. The average molecular weight is 466 g/mol. The molecule has 7 heteroatoms. The van der Waals surface area contributed by atoms with Crippen molar-refractivity contribution in [1.82, 2.24) is 19.3 Å². The molecule has 0 atom stereocenters. The Morgan fingerprint density at radius 2 is 2.15 bits per heavy atom. The van der Waals surface area contributed by atoms with Crippen LogP contribution in [0.3, 0.4) is 0 Å². The summed E-state index contributed by atoms with van der Waals surface area (Å²) in [6.45, 7) is 4.21. The van der Waals surface area contributed by atoms with Gasteiger partial charge in [0.1, 0.15) is 6.33 Å². The van der Waals surface area contributed by atoms with Crippen molar-refractivity contribution >= 4 is 33.5 Å². The molecule has 1 fully saturated rings. The Kier molecular flexibility index (Phi) is 5.56. The Balaban J connectivity index is 1.56. The first kappa shape index (κ1) is 17.9. The van der Waals surface area contributed by atoms with E-state index in [4.69, 9.17) is 14.6 Å². The number of nitrogens with zero attached hydrogens (tertiary/aromatic N) is 4. The molecule has 1 aromatic carbocycles. The second kappa shape index (κ2) is 8.06. The van der Waals surface area contributed by atoms with E-state index in [-0.39, 0.29) is 0 Å². The van der Waals surface area contributed by atoms with Crippen LogP contribution >= 0.6 is 22.6 Å². The van der Waals surface area contributed by atoms with Crippen molar-refractivity contribution in [2.75, 3.05) is 26.9 Å². The first-order valence-corrected chi connectivity index (χ1v) is 10.1. The molecule has 4 rings (SSSR count). The van der Waals surface area contributed by atoms with Crippen LogP contribution in [0.15, 0.2) is 30.7 Å². The summed E-state index contributed by atoms with van der Waals surface area (Å²) in [5.41, 5.74) is 2.28. The van der Waals surface area contributed by atoms with E-state index in [2.05, 4.69) is 56.5 Å². The molecule has 138 valence electrons. The van der Waals surface area contributed by atoms with Crippen LogP contribution in [0, 0.1) is 9.49 Å². The zero-order chi connectivity index (χ0) is 17.9. The molecule has 0 aliphatic carbocycles. The van der Waals surface area contributed by atoms with Gasteiger partial charge < -0.3 is 14.0 Å². The summed E-state index contributed by atoms with van der Waals surface area (Å²) < 4.78 is 16.1. The van der Waals surface area contributed by atoms with Crippen LogP contribution < -0.4 is 0 Å². The van der Waals surface area contributed by atoms with Crippen molar-refractivity contribution in [3.63, 3.8) is 0 Å². The highest BCUT2D eigenvalue weighted by atomic mass is 127. The summed E-state index contributed by atoms with van der Waals surface area (Å²) in [4.78, 5) is 4.54. The highest BCUT2D eigenvalue weighted by molar-refractivity contribution is 14.1. The van der Waals surface area contributed by atoms with Gasteiger partial charge in [0.05, 0.1) is 6.61 Å². The SMILES string of the molecule is COCCn1cc(I)c2cc(-c3ncn(CC4CCOCC4)n3)ccc21. The standard InChI is InChI=1S/C19H23IN4O2/c1-25-9-6-23-12-17(20)16-10-15(2-3-18(16)23)19-21-13-24(22-19)11-14-4-7-26-8-5-14/h2-3,10,12-14H,4-9,11H2,1H3. The molecule has 0 amide bonds. The van der Waals surface area contributed by atoms with E-state index in [1.807, 2.05) is 11.0 Å². The predicted octanol–water partition coefficient (Wildman–Crippen LogP) is 3.58. The van der Waals surface area contributed by atoms with Crippen LogP contribution in [-0.4, -0.2) is 46.3 Å². The number of ether oxygens (including phenoxy) is 2. The van der Waals surface area contributed by atoms with Gasteiger partial charge in [-0.05, 0) is 59.5 Å². The topological polar surface area (TPSA) is 54.1 Å². The van der Waals surface area contributed by atoms with Crippen molar-refractivity contribution < 1.29 is 9.47 Å². The van der Waals surface area contributed by atoms with E-state index < -0.39 is 0 Å². The maximum atomic E-state index is 5.43. The summed E-state index contributed by atoms with van der Waals surface area (Å²) in [5, 5.41) is 5.94. The van der Waals surface area contributed by atoms with E-state index in [9.17, 15) is 0 Å². The Hall–Kier alpha value is -1.45. The van der Waals surface area contributed by atoms with Crippen LogP contribution in [0.1, 0.15) is 12.8 Å². The van der Waals surface area contributed by atoms with Gasteiger partial charge in [0, 0.05) is 59.6 Å². The quantitative estimate of drug-likeness (QED) is 0.522. The third-order valence-electron chi connectivity index (χ3n) is 4.95. The van der Waals surface area contributed by atoms with Crippen LogP contribution in [0.5, 0.6) is 0 Å². The molecule has 0 unspecified atom stereocenters. The first-order chi connectivity index (χ1) is 12.7. The molecule has 0 saturated carbocycles. The molecule has 0 N–H and O–H groups in total. The molecule has 3 heterocycles. The van der Waals surface area contributed by atoms with Crippen molar-refractivity contribution in [3.05, 3.63) is 34.3 Å². The molecule has 0 bridgehead atoms. The monoisotopic (exact) mass is 466 g/mol. The summed E-state index contributed by atoms with van der Waals surface area (Å²) in [6, 6.07) is 6.45. The zero-order valence-corrected chi connectivity index (χ0v) is 17.1. The molecule has 6 nitrogen and oxygen atoms in total. The van der Waals surface area contributed by atoms with E-state index in [0.717, 1.165) is 50.5 Å². The summed E-state index contributed by atoms with van der Waals surface area (Å²) in [7, 11) is 1.73. The largest absolute Gasteiger partial charge is 0.383 e. The second-order valence-corrected chi connectivity index (χ2v) is 7.90. The molecule has 0 spiro atoms. The summed E-state index contributed by atoms with van der Waals surface area (Å²) >= 11 is 2.39. The number of aromatic nitrogens is 4. The minimum atomic E-state index is 0.636. The van der Waals surface area contributed by atoms with E-state index in [1.54, 1.807) is 7.11 Å². The smallest absolute Gasteiger partial charge is 0.181 e. The van der Waals surface area contributed by atoms with Gasteiger partial charge in [-0.25, -0.2) is 4.98 Å². The molecule has 26 heavy (non-hydrogen) atoms. The van der Waals surface area contributed by atoms with Gasteiger partial charge in [0.25, 0.3) is 0 Å². The fraction of sp³-hybridized carbons (Fsp3) is 0.474. The van der Waals surface area contributed by atoms with Crippen LogP contribution in [0.25, 0.3) is 22.3 Å². The minimum absolute atomic E-state index is 0.636. The molecular weight excluding hydrogens is 443 g/mol. The van der Waals surface area contributed by atoms with E-state index in [0.29, 0.717) is 12.5 Å². The Morgan fingerprint density at radius 3 is 2.96 bits per heavy atom. The molecule has 2 aromatic heterocycles. The first-order valence-electron chi connectivity index (χ1n) is 8.99. The van der Waals surface area contributed by atoms with Gasteiger partial charge in [0.15, 0.2) is 5.82 Å². The second-order valence-electron chi connectivity index (χ2n) is 6.74. The van der Waals surface area contributed by atoms with Crippen LogP contribution in [0.4, 0.5) is 0 Å². The Labute approximate surface area is 166 Å². The lowest BCUT2D eigenvalue weighted by Crippen LogP contribution is -2.20. The number of rotatable bonds is 6. The van der Waals surface area contributed by atoms with Crippen molar-refractivity contribution in [1.29, 1.82) is 0 Å². The molecular formula is C19H23IN4O2. The summed E-state index contributed by atoms with van der Waals surface area (Å²) in [6.07, 6.45) is 6.23. The molecule has 1 aliphatic heterocycles.